The number of aromatic nitrogens is 2. The molecule has 3 rings (SSSR count). The summed E-state index contributed by atoms with van der Waals surface area (Å²) in [5, 5.41) is 9.37. The Morgan fingerprint density at radius 3 is 2.83 bits per heavy atom. The number of rotatable bonds is 5. The summed E-state index contributed by atoms with van der Waals surface area (Å²) in [6.45, 7) is 3.13. The number of benzene rings is 1. The molecule has 6 heteroatoms. The Hall–Kier alpha value is -2.50. The van der Waals surface area contributed by atoms with E-state index >= 15 is 0 Å². The fraction of sp³-hybridized carbons (Fsp3) is 0.412. The summed E-state index contributed by atoms with van der Waals surface area (Å²) >= 11 is 0. The van der Waals surface area contributed by atoms with Gasteiger partial charge < -0.3 is 19.1 Å². The zero-order chi connectivity index (χ0) is 16.4. The van der Waals surface area contributed by atoms with E-state index in [1.54, 1.807) is 7.11 Å². The second-order valence-corrected chi connectivity index (χ2v) is 5.82. The molecule has 1 aromatic heterocycles. The van der Waals surface area contributed by atoms with Gasteiger partial charge in [0.1, 0.15) is 12.4 Å². The predicted octanol–water partition coefficient (Wildman–Crippen LogP) is 2.75. The van der Waals surface area contributed by atoms with Crippen molar-refractivity contribution in [2.45, 2.75) is 32.9 Å². The van der Waals surface area contributed by atoms with Gasteiger partial charge in [-0.2, -0.15) is 0 Å². The van der Waals surface area contributed by atoms with E-state index in [1.165, 1.54) is 0 Å². The number of hydrogen-bond donors (Lipinski definition) is 1. The monoisotopic (exact) mass is 316 g/mol. The largest absolute Gasteiger partial charge is 0.493 e. The van der Waals surface area contributed by atoms with Crippen LogP contribution < -0.4 is 9.47 Å². The molecule has 2 heterocycles. The molecule has 0 aliphatic carbocycles. The maximum Gasteiger partial charge on any atom is 0.356 e. The molecule has 0 saturated heterocycles. The van der Waals surface area contributed by atoms with Crippen LogP contribution in [-0.4, -0.2) is 27.7 Å². The third kappa shape index (κ3) is 3.02. The molecule has 1 aliphatic rings. The topological polar surface area (TPSA) is 73.6 Å². The zero-order valence-electron chi connectivity index (χ0n) is 13.3. The van der Waals surface area contributed by atoms with Crippen LogP contribution in [0.25, 0.3) is 0 Å². The summed E-state index contributed by atoms with van der Waals surface area (Å²) in [6.07, 6.45) is 1.76. The highest BCUT2D eigenvalue weighted by Gasteiger charge is 2.26. The van der Waals surface area contributed by atoms with Crippen molar-refractivity contribution in [2.75, 3.05) is 7.11 Å². The van der Waals surface area contributed by atoms with Gasteiger partial charge in [0.25, 0.3) is 0 Å². The van der Waals surface area contributed by atoms with E-state index in [-0.39, 0.29) is 12.3 Å². The lowest BCUT2D eigenvalue weighted by Crippen LogP contribution is -2.20. The van der Waals surface area contributed by atoms with Crippen LogP contribution in [0.3, 0.4) is 0 Å². The van der Waals surface area contributed by atoms with Gasteiger partial charge in [-0.3, -0.25) is 0 Å². The lowest BCUT2D eigenvalue weighted by Gasteiger charge is -2.22. The average Bonchev–Trinajstić information content (AvgIpc) is 2.91. The normalized spacial score (nSPS) is 16.7. The molecule has 23 heavy (non-hydrogen) atoms. The highest BCUT2D eigenvalue weighted by Crippen LogP contribution is 2.28. The zero-order valence-corrected chi connectivity index (χ0v) is 13.3. The second kappa shape index (κ2) is 6.32. The SMILES string of the molecule is COc1ccccc1OCc1nc(C(=O)O)c2n1CCC(C)C2. The van der Waals surface area contributed by atoms with Crippen LogP contribution in [0.2, 0.25) is 0 Å². The van der Waals surface area contributed by atoms with Crippen LogP contribution in [0.1, 0.15) is 35.4 Å². The van der Waals surface area contributed by atoms with E-state index in [1.807, 2.05) is 28.8 Å². The standard InChI is InChI=1S/C17H20N2O4/c1-11-7-8-19-12(9-11)16(17(20)21)18-15(19)10-23-14-6-4-3-5-13(14)22-2/h3-6,11H,7-10H2,1-2H3,(H,20,21). The van der Waals surface area contributed by atoms with E-state index < -0.39 is 5.97 Å². The first-order chi connectivity index (χ1) is 11.1. The Labute approximate surface area is 134 Å². The van der Waals surface area contributed by atoms with Crippen LogP contribution in [0.4, 0.5) is 0 Å². The van der Waals surface area contributed by atoms with Crippen LogP contribution in [0.15, 0.2) is 24.3 Å². The number of nitrogens with zero attached hydrogens (tertiary/aromatic N) is 2. The van der Waals surface area contributed by atoms with E-state index in [9.17, 15) is 9.90 Å². The van der Waals surface area contributed by atoms with Crippen LogP contribution >= 0.6 is 0 Å². The summed E-state index contributed by atoms with van der Waals surface area (Å²) in [4.78, 5) is 15.7. The number of para-hydroxylation sites is 2. The molecule has 1 atom stereocenters. The summed E-state index contributed by atoms with van der Waals surface area (Å²) in [5.74, 6) is 1.40. The summed E-state index contributed by atoms with van der Waals surface area (Å²) in [7, 11) is 1.59. The lowest BCUT2D eigenvalue weighted by molar-refractivity contribution is 0.0688. The number of carboxylic acids is 1. The fourth-order valence-corrected chi connectivity index (χ4v) is 2.95. The maximum atomic E-state index is 11.4. The molecule has 0 bridgehead atoms. The van der Waals surface area contributed by atoms with Crippen LogP contribution in [-0.2, 0) is 19.6 Å². The van der Waals surface area contributed by atoms with Gasteiger partial charge in [-0.05, 0) is 30.9 Å². The Morgan fingerprint density at radius 1 is 1.39 bits per heavy atom. The number of fused-ring (bicyclic) bond motifs is 1. The van der Waals surface area contributed by atoms with Gasteiger partial charge in [-0.1, -0.05) is 19.1 Å². The third-order valence-corrected chi connectivity index (χ3v) is 4.17. The van der Waals surface area contributed by atoms with Crippen molar-refractivity contribution in [3.05, 3.63) is 41.5 Å². The highest BCUT2D eigenvalue weighted by molar-refractivity contribution is 5.87. The summed E-state index contributed by atoms with van der Waals surface area (Å²) < 4.78 is 13.0. The molecule has 0 saturated carbocycles. The second-order valence-electron chi connectivity index (χ2n) is 5.82. The third-order valence-electron chi connectivity index (χ3n) is 4.17. The number of hydrogen-bond acceptors (Lipinski definition) is 4. The lowest BCUT2D eigenvalue weighted by atomic mass is 9.97. The molecule has 0 spiro atoms. The average molecular weight is 316 g/mol. The van der Waals surface area contributed by atoms with Crippen molar-refractivity contribution in [2.24, 2.45) is 5.92 Å². The predicted molar refractivity (Wildman–Crippen MR) is 84.0 cm³/mol. The van der Waals surface area contributed by atoms with Crippen LogP contribution in [0, 0.1) is 5.92 Å². The van der Waals surface area contributed by atoms with Crippen LogP contribution in [0.5, 0.6) is 11.5 Å². The molecule has 1 aromatic carbocycles. The van der Waals surface area contributed by atoms with E-state index in [4.69, 9.17) is 9.47 Å². The van der Waals surface area contributed by atoms with Gasteiger partial charge in [0.15, 0.2) is 17.2 Å². The number of carbonyl (C=O) groups is 1. The van der Waals surface area contributed by atoms with Gasteiger partial charge in [-0.15, -0.1) is 0 Å². The molecule has 0 radical (unpaired) electrons. The number of imidazole rings is 1. The van der Waals surface area contributed by atoms with E-state index in [0.717, 1.165) is 25.1 Å². The molecule has 0 fully saturated rings. The minimum absolute atomic E-state index is 0.148. The summed E-state index contributed by atoms with van der Waals surface area (Å²) in [5.41, 5.74) is 0.949. The number of aromatic carboxylic acids is 1. The minimum atomic E-state index is -0.980. The van der Waals surface area contributed by atoms with Gasteiger partial charge in [-0.25, -0.2) is 9.78 Å². The maximum absolute atomic E-state index is 11.4. The quantitative estimate of drug-likeness (QED) is 0.918. The number of methoxy groups -OCH3 is 1. The Balaban J connectivity index is 1.86. The van der Waals surface area contributed by atoms with Gasteiger partial charge in [0.2, 0.25) is 0 Å². The summed E-state index contributed by atoms with van der Waals surface area (Å²) in [6, 6.07) is 7.37. The molecule has 122 valence electrons. The van der Waals surface area contributed by atoms with Crippen molar-refractivity contribution in [1.82, 2.24) is 9.55 Å². The van der Waals surface area contributed by atoms with Gasteiger partial charge >= 0.3 is 5.97 Å². The Kier molecular flexibility index (Phi) is 4.23. The molecule has 1 unspecified atom stereocenters. The highest BCUT2D eigenvalue weighted by atomic mass is 16.5. The Morgan fingerprint density at radius 2 is 2.13 bits per heavy atom. The first-order valence-electron chi connectivity index (χ1n) is 7.67. The first-order valence-corrected chi connectivity index (χ1v) is 7.67. The van der Waals surface area contributed by atoms with E-state index in [2.05, 4.69) is 11.9 Å². The van der Waals surface area contributed by atoms with Gasteiger partial charge in [0.05, 0.1) is 12.8 Å². The molecular weight excluding hydrogens is 296 g/mol. The molecule has 1 N–H and O–H groups in total. The number of ether oxygens (including phenoxy) is 2. The molecule has 2 aromatic rings. The van der Waals surface area contributed by atoms with Crippen molar-refractivity contribution in [3.8, 4) is 11.5 Å². The minimum Gasteiger partial charge on any atom is -0.493 e. The first kappa shape index (κ1) is 15.4. The smallest absolute Gasteiger partial charge is 0.356 e. The number of carboxylic acid groups (broad SMARTS) is 1. The molecule has 6 nitrogen and oxygen atoms in total. The Bertz CT molecular complexity index is 723. The molecule has 0 amide bonds. The van der Waals surface area contributed by atoms with Crippen molar-refractivity contribution in [3.63, 3.8) is 0 Å². The fourth-order valence-electron chi connectivity index (χ4n) is 2.95. The molecule has 1 aliphatic heterocycles. The van der Waals surface area contributed by atoms with Crippen molar-refractivity contribution >= 4 is 5.97 Å². The van der Waals surface area contributed by atoms with Gasteiger partial charge in [0, 0.05) is 6.54 Å². The van der Waals surface area contributed by atoms with Crippen molar-refractivity contribution in [1.29, 1.82) is 0 Å². The van der Waals surface area contributed by atoms with Crippen molar-refractivity contribution < 1.29 is 19.4 Å². The molecular formula is C17H20N2O4. The van der Waals surface area contributed by atoms with E-state index in [0.29, 0.717) is 23.2 Å².